The number of urea groups is 1. The lowest BCUT2D eigenvalue weighted by atomic mass is 10.1. The van der Waals surface area contributed by atoms with E-state index in [1.807, 2.05) is 27.7 Å². The zero-order chi connectivity index (χ0) is 19.5. The fourth-order valence-electron chi connectivity index (χ4n) is 2.23. The van der Waals surface area contributed by atoms with E-state index in [0.717, 1.165) is 18.4 Å². The maximum Gasteiger partial charge on any atom is 0.338 e. The van der Waals surface area contributed by atoms with Crippen molar-refractivity contribution < 1.29 is 19.1 Å². The minimum absolute atomic E-state index is 0.0641. The van der Waals surface area contributed by atoms with Crippen LogP contribution in [0.5, 0.6) is 0 Å². The average Bonchev–Trinajstić information content (AvgIpc) is 2.62. The van der Waals surface area contributed by atoms with Gasteiger partial charge in [-0.05, 0) is 44.4 Å². The Balaban J connectivity index is 2.43. The van der Waals surface area contributed by atoms with Crippen molar-refractivity contribution in [3.05, 3.63) is 35.4 Å². The first kappa shape index (κ1) is 21.5. The molecular weight excluding hydrogens is 334 g/mol. The van der Waals surface area contributed by atoms with Gasteiger partial charge in [0.15, 0.2) is 6.61 Å². The predicted molar refractivity (Wildman–Crippen MR) is 99.7 cm³/mol. The quantitative estimate of drug-likeness (QED) is 0.587. The SMILES string of the molecule is CCC(CC)NC(=O)COC(=O)c1ccc(CNC(=O)NC(C)C)cc1. The number of carbonyl (C=O) groups is 3. The summed E-state index contributed by atoms with van der Waals surface area (Å²) in [6.07, 6.45) is 1.67. The van der Waals surface area contributed by atoms with Crippen LogP contribution in [0.2, 0.25) is 0 Å². The van der Waals surface area contributed by atoms with Crippen LogP contribution in [-0.2, 0) is 16.1 Å². The molecule has 0 atom stereocenters. The number of nitrogens with one attached hydrogen (secondary N) is 3. The minimum Gasteiger partial charge on any atom is -0.452 e. The summed E-state index contributed by atoms with van der Waals surface area (Å²) in [6, 6.07) is 6.60. The second-order valence-corrected chi connectivity index (χ2v) is 6.34. The van der Waals surface area contributed by atoms with E-state index in [9.17, 15) is 14.4 Å². The molecule has 0 bridgehead atoms. The topological polar surface area (TPSA) is 96.5 Å². The van der Waals surface area contributed by atoms with Gasteiger partial charge in [0.05, 0.1) is 5.56 Å². The molecule has 144 valence electrons. The molecule has 0 aliphatic heterocycles. The maximum absolute atomic E-state index is 12.0. The lowest BCUT2D eigenvalue weighted by Gasteiger charge is -2.14. The summed E-state index contributed by atoms with van der Waals surface area (Å²) in [5.41, 5.74) is 1.21. The third-order valence-electron chi connectivity index (χ3n) is 3.75. The molecule has 0 aliphatic rings. The summed E-state index contributed by atoms with van der Waals surface area (Å²) in [7, 11) is 0. The Morgan fingerprint density at radius 2 is 1.62 bits per heavy atom. The Labute approximate surface area is 154 Å². The molecule has 0 spiro atoms. The summed E-state index contributed by atoms with van der Waals surface area (Å²) >= 11 is 0. The Morgan fingerprint density at radius 3 is 2.15 bits per heavy atom. The van der Waals surface area contributed by atoms with E-state index in [-0.39, 0.29) is 30.6 Å². The molecule has 1 aromatic carbocycles. The van der Waals surface area contributed by atoms with Gasteiger partial charge in [-0.2, -0.15) is 0 Å². The van der Waals surface area contributed by atoms with E-state index in [2.05, 4.69) is 16.0 Å². The summed E-state index contributed by atoms with van der Waals surface area (Å²) in [6.45, 7) is 7.79. The van der Waals surface area contributed by atoms with Gasteiger partial charge in [0.25, 0.3) is 5.91 Å². The predicted octanol–water partition coefficient (Wildman–Crippen LogP) is 2.36. The van der Waals surface area contributed by atoms with E-state index >= 15 is 0 Å². The molecule has 0 aromatic heterocycles. The molecule has 26 heavy (non-hydrogen) atoms. The lowest BCUT2D eigenvalue weighted by molar-refractivity contribution is -0.125. The van der Waals surface area contributed by atoms with Crippen LogP contribution in [-0.4, -0.2) is 36.6 Å². The third-order valence-corrected chi connectivity index (χ3v) is 3.75. The van der Waals surface area contributed by atoms with Crippen LogP contribution in [0.15, 0.2) is 24.3 Å². The van der Waals surface area contributed by atoms with Crippen LogP contribution in [0, 0.1) is 0 Å². The molecule has 0 heterocycles. The lowest BCUT2D eigenvalue weighted by Crippen LogP contribution is -2.39. The van der Waals surface area contributed by atoms with Crippen molar-refractivity contribution in [1.29, 1.82) is 0 Å². The van der Waals surface area contributed by atoms with Gasteiger partial charge in [-0.15, -0.1) is 0 Å². The van der Waals surface area contributed by atoms with Gasteiger partial charge in [0.1, 0.15) is 0 Å². The van der Waals surface area contributed by atoms with E-state index < -0.39 is 5.97 Å². The third kappa shape index (κ3) is 8.00. The molecule has 1 rings (SSSR count). The van der Waals surface area contributed by atoms with Crippen molar-refractivity contribution in [2.75, 3.05) is 6.61 Å². The van der Waals surface area contributed by atoms with E-state index in [4.69, 9.17) is 4.74 Å². The first-order valence-corrected chi connectivity index (χ1v) is 8.95. The Hall–Kier alpha value is -2.57. The van der Waals surface area contributed by atoms with Crippen LogP contribution < -0.4 is 16.0 Å². The van der Waals surface area contributed by atoms with E-state index in [1.165, 1.54) is 0 Å². The summed E-state index contributed by atoms with van der Waals surface area (Å²) in [5.74, 6) is -0.856. The molecule has 3 amide bonds. The highest BCUT2D eigenvalue weighted by Crippen LogP contribution is 2.06. The smallest absolute Gasteiger partial charge is 0.338 e. The molecule has 0 fully saturated rings. The average molecular weight is 363 g/mol. The molecule has 0 aliphatic carbocycles. The molecular formula is C19H29N3O4. The molecule has 7 nitrogen and oxygen atoms in total. The second-order valence-electron chi connectivity index (χ2n) is 6.34. The summed E-state index contributed by atoms with van der Waals surface area (Å²) in [4.78, 5) is 35.3. The Kier molecular flexibility index (Phi) is 9.19. The first-order valence-electron chi connectivity index (χ1n) is 8.95. The van der Waals surface area contributed by atoms with Crippen LogP contribution in [0.25, 0.3) is 0 Å². The molecule has 0 radical (unpaired) electrons. The standard InChI is InChI=1S/C19H29N3O4/c1-5-16(6-2)22-17(23)12-26-18(24)15-9-7-14(8-10-15)11-20-19(25)21-13(3)4/h7-10,13,16H,5-6,11-12H2,1-4H3,(H,22,23)(H2,20,21,25). The molecule has 7 heteroatoms. The van der Waals surface area contributed by atoms with E-state index in [1.54, 1.807) is 24.3 Å². The van der Waals surface area contributed by atoms with Crippen molar-refractivity contribution in [1.82, 2.24) is 16.0 Å². The second kappa shape index (κ2) is 11.1. The Morgan fingerprint density at radius 1 is 1.00 bits per heavy atom. The molecule has 3 N–H and O–H groups in total. The molecule has 0 saturated carbocycles. The zero-order valence-corrected chi connectivity index (χ0v) is 15.9. The van der Waals surface area contributed by atoms with Gasteiger partial charge >= 0.3 is 12.0 Å². The largest absolute Gasteiger partial charge is 0.452 e. The monoisotopic (exact) mass is 363 g/mol. The van der Waals surface area contributed by atoms with Gasteiger partial charge in [-0.25, -0.2) is 9.59 Å². The highest BCUT2D eigenvalue weighted by atomic mass is 16.5. The van der Waals surface area contributed by atoms with Crippen LogP contribution >= 0.6 is 0 Å². The molecule has 1 aromatic rings. The number of hydrogen-bond acceptors (Lipinski definition) is 4. The zero-order valence-electron chi connectivity index (χ0n) is 15.9. The normalized spacial score (nSPS) is 10.5. The molecule has 0 saturated heterocycles. The van der Waals surface area contributed by atoms with Crippen molar-refractivity contribution in [2.24, 2.45) is 0 Å². The summed E-state index contributed by atoms with van der Waals surface area (Å²) in [5, 5.41) is 8.27. The minimum atomic E-state index is -0.554. The number of amides is 3. The van der Waals surface area contributed by atoms with Crippen LogP contribution in [0.1, 0.15) is 56.5 Å². The van der Waals surface area contributed by atoms with Crippen molar-refractivity contribution in [3.63, 3.8) is 0 Å². The van der Waals surface area contributed by atoms with Crippen molar-refractivity contribution in [2.45, 2.75) is 59.2 Å². The van der Waals surface area contributed by atoms with Crippen LogP contribution in [0.4, 0.5) is 4.79 Å². The van der Waals surface area contributed by atoms with Crippen molar-refractivity contribution >= 4 is 17.9 Å². The number of hydrogen-bond donors (Lipinski definition) is 3. The molecule has 0 unspecified atom stereocenters. The summed E-state index contributed by atoms with van der Waals surface area (Å²) < 4.78 is 5.03. The first-order chi connectivity index (χ1) is 12.3. The number of esters is 1. The number of benzene rings is 1. The number of carbonyl (C=O) groups excluding carboxylic acids is 3. The van der Waals surface area contributed by atoms with Gasteiger partial charge in [0, 0.05) is 18.6 Å². The van der Waals surface area contributed by atoms with Crippen LogP contribution in [0.3, 0.4) is 0 Å². The van der Waals surface area contributed by atoms with Gasteiger partial charge in [0.2, 0.25) is 0 Å². The van der Waals surface area contributed by atoms with E-state index in [0.29, 0.717) is 12.1 Å². The number of ether oxygens (including phenoxy) is 1. The number of rotatable bonds is 9. The Bertz CT molecular complexity index is 595. The maximum atomic E-state index is 12.0. The highest BCUT2D eigenvalue weighted by molar-refractivity contribution is 5.91. The van der Waals surface area contributed by atoms with Gasteiger partial charge in [-0.3, -0.25) is 4.79 Å². The fourth-order valence-corrected chi connectivity index (χ4v) is 2.23. The fraction of sp³-hybridized carbons (Fsp3) is 0.526. The van der Waals surface area contributed by atoms with Gasteiger partial charge < -0.3 is 20.7 Å². The van der Waals surface area contributed by atoms with Gasteiger partial charge in [-0.1, -0.05) is 26.0 Å². The highest BCUT2D eigenvalue weighted by Gasteiger charge is 2.12. The van der Waals surface area contributed by atoms with Crippen molar-refractivity contribution in [3.8, 4) is 0 Å².